The first-order chi connectivity index (χ1) is 15.7. The SMILES string of the molecule is O=C(CCCC(NC(=O)c1ccccc1)C(=O)O)NC1C(=O)N2C(C(=O)O)=C(CO)CS[C@@H]12. The zero-order valence-corrected chi connectivity index (χ0v) is 18.2. The van der Waals surface area contributed by atoms with E-state index in [2.05, 4.69) is 10.6 Å². The summed E-state index contributed by atoms with van der Waals surface area (Å²) in [4.78, 5) is 60.9. The van der Waals surface area contributed by atoms with Crippen LogP contribution in [0.2, 0.25) is 0 Å². The zero-order chi connectivity index (χ0) is 24.1. The van der Waals surface area contributed by atoms with Crippen molar-refractivity contribution in [2.45, 2.75) is 36.7 Å². The summed E-state index contributed by atoms with van der Waals surface area (Å²) in [7, 11) is 0. The number of fused-ring (bicyclic) bond motifs is 1. The quantitative estimate of drug-likeness (QED) is 0.285. The molecule has 11 nitrogen and oxygen atoms in total. The van der Waals surface area contributed by atoms with E-state index in [9.17, 15) is 39.3 Å². The number of thioether (sulfide) groups is 1. The van der Waals surface area contributed by atoms with Crippen LogP contribution >= 0.6 is 11.8 Å². The molecule has 0 saturated carbocycles. The summed E-state index contributed by atoms with van der Waals surface area (Å²) >= 11 is 1.24. The van der Waals surface area contributed by atoms with Crippen LogP contribution < -0.4 is 10.6 Å². The molecule has 0 aliphatic carbocycles. The Labute approximate surface area is 192 Å². The number of carboxylic acids is 2. The normalized spacial score (nSPS) is 20.4. The Morgan fingerprint density at radius 3 is 2.45 bits per heavy atom. The standard InChI is InChI=1S/C21H23N3O8S/c25-9-12-10-33-19-15(18(28)24(19)16(12)21(31)32)23-14(26)8-4-7-13(20(29)30)22-17(27)11-5-2-1-3-6-11/h1-3,5-6,13,15,19,25H,4,7-10H2,(H,22,27)(H,23,26)(H,29,30)(H,31,32)/t13?,15?,19-/m0/s1. The highest BCUT2D eigenvalue weighted by molar-refractivity contribution is 8.00. The minimum absolute atomic E-state index is 0.00992. The molecule has 1 aromatic carbocycles. The molecule has 3 amide bonds. The predicted molar refractivity (Wildman–Crippen MR) is 116 cm³/mol. The summed E-state index contributed by atoms with van der Waals surface area (Å²) in [6.45, 7) is -0.478. The van der Waals surface area contributed by atoms with E-state index in [4.69, 9.17) is 0 Å². The topological polar surface area (TPSA) is 173 Å². The molecule has 3 rings (SSSR count). The second-order valence-electron chi connectivity index (χ2n) is 7.49. The summed E-state index contributed by atoms with van der Waals surface area (Å²) < 4.78 is 0. The maximum absolute atomic E-state index is 12.4. The van der Waals surface area contributed by atoms with E-state index in [1.54, 1.807) is 30.3 Å². The molecule has 5 N–H and O–H groups in total. The summed E-state index contributed by atoms with van der Waals surface area (Å²) in [5.74, 6) is -3.93. The van der Waals surface area contributed by atoms with Crippen molar-refractivity contribution in [2.24, 2.45) is 0 Å². The van der Waals surface area contributed by atoms with Crippen LogP contribution in [-0.4, -0.2) is 79.7 Å². The Kier molecular flexibility index (Phi) is 7.71. The van der Waals surface area contributed by atoms with E-state index >= 15 is 0 Å². The van der Waals surface area contributed by atoms with Crippen molar-refractivity contribution in [2.75, 3.05) is 12.4 Å². The largest absolute Gasteiger partial charge is 0.480 e. The van der Waals surface area contributed by atoms with E-state index < -0.39 is 53.7 Å². The molecule has 1 fully saturated rings. The number of amides is 3. The number of aliphatic hydroxyl groups is 1. The lowest BCUT2D eigenvalue weighted by molar-refractivity contribution is -0.150. The highest BCUT2D eigenvalue weighted by Gasteiger charge is 2.54. The Bertz CT molecular complexity index is 996. The van der Waals surface area contributed by atoms with Crippen molar-refractivity contribution >= 4 is 41.4 Å². The number of carbonyl (C=O) groups is 5. The molecular weight excluding hydrogens is 454 g/mol. The van der Waals surface area contributed by atoms with Gasteiger partial charge in [0.1, 0.15) is 23.2 Å². The van der Waals surface area contributed by atoms with E-state index in [1.807, 2.05) is 0 Å². The molecule has 176 valence electrons. The van der Waals surface area contributed by atoms with Gasteiger partial charge in [-0.3, -0.25) is 19.3 Å². The molecule has 33 heavy (non-hydrogen) atoms. The summed E-state index contributed by atoms with van der Waals surface area (Å²) in [6, 6.07) is 6.07. The molecule has 1 aromatic rings. The van der Waals surface area contributed by atoms with Crippen molar-refractivity contribution in [3.63, 3.8) is 0 Å². The lowest BCUT2D eigenvalue weighted by Gasteiger charge is -2.49. The Hall–Kier alpha value is -3.38. The van der Waals surface area contributed by atoms with Crippen LogP contribution in [0, 0.1) is 0 Å². The van der Waals surface area contributed by atoms with E-state index in [0.717, 1.165) is 4.90 Å². The van der Waals surface area contributed by atoms with Gasteiger partial charge in [-0.1, -0.05) is 18.2 Å². The van der Waals surface area contributed by atoms with Gasteiger partial charge in [0.05, 0.1) is 6.61 Å². The number of nitrogens with zero attached hydrogens (tertiary/aromatic N) is 1. The van der Waals surface area contributed by atoms with Crippen LogP contribution in [0.3, 0.4) is 0 Å². The van der Waals surface area contributed by atoms with E-state index in [1.165, 1.54) is 11.8 Å². The van der Waals surface area contributed by atoms with Gasteiger partial charge >= 0.3 is 11.9 Å². The lowest BCUT2D eigenvalue weighted by atomic mass is 10.0. The van der Waals surface area contributed by atoms with Gasteiger partial charge in [0, 0.05) is 17.7 Å². The number of aliphatic hydroxyl groups excluding tert-OH is 1. The van der Waals surface area contributed by atoms with Gasteiger partial charge in [0.2, 0.25) is 5.91 Å². The van der Waals surface area contributed by atoms with Gasteiger partial charge < -0.3 is 26.0 Å². The number of aliphatic carboxylic acids is 2. The monoisotopic (exact) mass is 477 g/mol. The first-order valence-corrected chi connectivity index (χ1v) is 11.2. The maximum Gasteiger partial charge on any atom is 0.352 e. The van der Waals surface area contributed by atoms with Gasteiger partial charge in [0.25, 0.3) is 11.8 Å². The maximum atomic E-state index is 12.4. The minimum atomic E-state index is -1.32. The summed E-state index contributed by atoms with van der Waals surface area (Å²) in [5.41, 5.74) is 0.299. The molecule has 2 unspecified atom stereocenters. The van der Waals surface area contributed by atoms with Crippen molar-refractivity contribution in [1.82, 2.24) is 15.5 Å². The highest BCUT2D eigenvalue weighted by Crippen LogP contribution is 2.40. The molecule has 2 aliphatic heterocycles. The number of carbonyl (C=O) groups excluding carboxylic acids is 3. The van der Waals surface area contributed by atoms with Gasteiger partial charge in [-0.15, -0.1) is 11.8 Å². The molecule has 1 saturated heterocycles. The third-order valence-corrected chi connectivity index (χ3v) is 6.63. The number of hydrogen-bond acceptors (Lipinski definition) is 7. The third-order valence-electron chi connectivity index (χ3n) is 5.29. The number of rotatable bonds is 10. The number of carboxylic acid groups (broad SMARTS) is 2. The predicted octanol–water partition coefficient (Wildman–Crippen LogP) is -0.229. The number of hydrogen-bond donors (Lipinski definition) is 5. The highest BCUT2D eigenvalue weighted by atomic mass is 32.2. The minimum Gasteiger partial charge on any atom is -0.480 e. The Morgan fingerprint density at radius 2 is 1.85 bits per heavy atom. The van der Waals surface area contributed by atoms with Gasteiger partial charge in [-0.05, 0) is 30.5 Å². The van der Waals surface area contributed by atoms with Gasteiger partial charge in [0.15, 0.2) is 0 Å². The van der Waals surface area contributed by atoms with Gasteiger partial charge in [-0.2, -0.15) is 0 Å². The van der Waals surface area contributed by atoms with Crippen molar-refractivity contribution in [3.05, 3.63) is 47.2 Å². The third kappa shape index (κ3) is 5.34. The molecule has 2 aliphatic rings. The Balaban J connectivity index is 1.50. The van der Waals surface area contributed by atoms with Crippen LogP contribution in [0.25, 0.3) is 0 Å². The second-order valence-corrected chi connectivity index (χ2v) is 8.60. The molecule has 0 aromatic heterocycles. The van der Waals surface area contributed by atoms with Crippen molar-refractivity contribution in [3.8, 4) is 0 Å². The average molecular weight is 477 g/mol. The van der Waals surface area contributed by atoms with Crippen LogP contribution in [-0.2, 0) is 19.2 Å². The van der Waals surface area contributed by atoms with Gasteiger partial charge in [-0.25, -0.2) is 9.59 Å². The molecule has 3 atom stereocenters. The summed E-state index contributed by atoms with van der Waals surface area (Å²) in [5, 5.41) is 32.5. The number of nitrogens with one attached hydrogen (secondary N) is 2. The average Bonchev–Trinajstić information content (AvgIpc) is 2.80. The fraction of sp³-hybridized carbons (Fsp3) is 0.381. The molecule has 2 heterocycles. The number of benzene rings is 1. The van der Waals surface area contributed by atoms with Crippen molar-refractivity contribution in [1.29, 1.82) is 0 Å². The molecule has 0 radical (unpaired) electrons. The van der Waals surface area contributed by atoms with Crippen LogP contribution in [0.15, 0.2) is 41.6 Å². The van der Waals surface area contributed by atoms with Crippen LogP contribution in [0.1, 0.15) is 29.6 Å². The zero-order valence-electron chi connectivity index (χ0n) is 17.4. The number of β-lactam (4-membered cyclic amide) rings is 1. The summed E-state index contributed by atoms with van der Waals surface area (Å²) in [6.07, 6.45) is 0.0842. The Morgan fingerprint density at radius 1 is 1.15 bits per heavy atom. The molecule has 0 spiro atoms. The molecule has 12 heteroatoms. The molecular formula is C21H23N3O8S. The molecule has 0 bridgehead atoms. The first kappa shape index (κ1) is 24.3. The van der Waals surface area contributed by atoms with E-state index in [-0.39, 0.29) is 36.3 Å². The first-order valence-electron chi connectivity index (χ1n) is 10.1. The van der Waals surface area contributed by atoms with Crippen LogP contribution in [0.4, 0.5) is 0 Å². The smallest absolute Gasteiger partial charge is 0.352 e. The fourth-order valence-electron chi connectivity index (χ4n) is 3.61. The fourth-order valence-corrected chi connectivity index (χ4v) is 4.94. The van der Waals surface area contributed by atoms with Crippen molar-refractivity contribution < 1.29 is 39.3 Å². The lowest BCUT2D eigenvalue weighted by Crippen LogP contribution is -2.70. The van der Waals surface area contributed by atoms with Crippen LogP contribution in [0.5, 0.6) is 0 Å². The van der Waals surface area contributed by atoms with E-state index in [0.29, 0.717) is 5.56 Å². The second kappa shape index (κ2) is 10.5.